The molecule has 1 rings (SSSR count). The summed E-state index contributed by atoms with van der Waals surface area (Å²) in [5.74, 6) is 0.644. The monoisotopic (exact) mass is 242 g/mol. The first-order valence-corrected chi connectivity index (χ1v) is 6.74. The van der Waals surface area contributed by atoms with Crippen LogP contribution in [0.3, 0.4) is 0 Å². The van der Waals surface area contributed by atoms with Crippen LogP contribution in [0.4, 0.5) is 0 Å². The average molecular weight is 242 g/mol. The summed E-state index contributed by atoms with van der Waals surface area (Å²) in [4.78, 5) is 4.18. The van der Waals surface area contributed by atoms with Crippen molar-refractivity contribution in [1.29, 1.82) is 0 Å². The number of nitrogens with one attached hydrogen (secondary N) is 1. The molecule has 0 aromatic carbocycles. The standard InChI is InChI=1S/C12H22N2OS/c1-10(2)4-5-12(3,15)8-13-6-11-7-16-9-14-11/h7,9-10,13,15H,4-6,8H2,1-3H3. The van der Waals surface area contributed by atoms with Crippen molar-refractivity contribution in [2.24, 2.45) is 5.92 Å². The fourth-order valence-electron chi connectivity index (χ4n) is 1.47. The van der Waals surface area contributed by atoms with Crippen molar-refractivity contribution >= 4 is 11.3 Å². The van der Waals surface area contributed by atoms with Gasteiger partial charge in [-0.2, -0.15) is 0 Å². The number of aliphatic hydroxyl groups is 1. The second-order valence-corrected chi connectivity index (χ2v) is 5.73. The van der Waals surface area contributed by atoms with Gasteiger partial charge in [0.2, 0.25) is 0 Å². The Kier molecular flexibility index (Phi) is 5.38. The molecule has 4 heteroatoms. The summed E-state index contributed by atoms with van der Waals surface area (Å²) in [7, 11) is 0. The van der Waals surface area contributed by atoms with E-state index in [1.165, 1.54) is 0 Å². The fourth-order valence-corrected chi connectivity index (χ4v) is 2.03. The third kappa shape index (κ3) is 5.58. The molecule has 2 N–H and O–H groups in total. The molecular weight excluding hydrogens is 220 g/mol. The average Bonchev–Trinajstić information content (AvgIpc) is 2.68. The first-order valence-electron chi connectivity index (χ1n) is 5.80. The lowest BCUT2D eigenvalue weighted by molar-refractivity contribution is 0.0450. The highest BCUT2D eigenvalue weighted by Gasteiger charge is 2.19. The summed E-state index contributed by atoms with van der Waals surface area (Å²) in [5.41, 5.74) is 2.26. The number of rotatable bonds is 7. The lowest BCUT2D eigenvalue weighted by atomic mass is 9.95. The van der Waals surface area contributed by atoms with E-state index < -0.39 is 5.60 Å². The molecule has 92 valence electrons. The molecule has 0 amide bonds. The lowest BCUT2D eigenvalue weighted by Crippen LogP contribution is -2.37. The molecule has 1 unspecified atom stereocenters. The fraction of sp³-hybridized carbons (Fsp3) is 0.750. The van der Waals surface area contributed by atoms with E-state index in [0.29, 0.717) is 12.5 Å². The summed E-state index contributed by atoms with van der Waals surface area (Å²) < 4.78 is 0. The van der Waals surface area contributed by atoms with Gasteiger partial charge in [0, 0.05) is 18.5 Å². The van der Waals surface area contributed by atoms with Crippen LogP contribution in [0.5, 0.6) is 0 Å². The summed E-state index contributed by atoms with van der Waals surface area (Å²) in [5, 5.41) is 15.4. The Bertz CT molecular complexity index is 283. The van der Waals surface area contributed by atoms with E-state index in [-0.39, 0.29) is 0 Å². The predicted molar refractivity (Wildman–Crippen MR) is 68.5 cm³/mol. The highest BCUT2D eigenvalue weighted by molar-refractivity contribution is 7.07. The molecule has 0 fully saturated rings. The van der Waals surface area contributed by atoms with Crippen LogP contribution < -0.4 is 5.32 Å². The highest BCUT2D eigenvalue weighted by atomic mass is 32.1. The van der Waals surface area contributed by atoms with Gasteiger partial charge in [0.25, 0.3) is 0 Å². The SMILES string of the molecule is CC(C)CCC(C)(O)CNCc1cscn1. The smallest absolute Gasteiger partial charge is 0.0795 e. The summed E-state index contributed by atoms with van der Waals surface area (Å²) in [6.07, 6.45) is 1.90. The molecule has 16 heavy (non-hydrogen) atoms. The second-order valence-electron chi connectivity index (χ2n) is 5.01. The van der Waals surface area contributed by atoms with Crippen molar-refractivity contribution in [3.05, 3.63) is 16.6 Å². The predicted octanol–water partition coefficient (Wildman–Crippen LogP) is 2.42. The van der Waals surface area contributed by atoms with Gasteiger partial charge < -0.3 is 10.4 Å². The van der Waals surface area contributed by atoms with Gasteiger partial charge in [-0.1, -0.05) is 13.8 Å². The van der Waals surface area contributed by atoms with Gasteiger partial charge in [-0.15, -0.1) is 11.3 Å². The van der Waals surface area contributed by atoms with Crippen LogP contribution in [0.2, 0.25) is 0 Å². The highest BCUT2D eigenvalue weighted by Crippen LogP contribution is 2.15. The van der Waals surface area contributed by atoms with E-state index in [9.17, 15) is 5.11 Å². The molecule has 0 saturated heterocycles. The molecule has 0 aliphatic carbocycles. The minimum absolute atomic E-state index is 0.611. The van der Waals surface area contributed by atoms with E-state index in [4.69, 9.17) is 0 Å². The van der Waals surface area contributed by atoms with E-state index in [1.807, 2.05) is 17.8 Å². The second kappa shape index (κ2) is 6.33. The molecule has 0 saturated carbocycles. The Morgan fingerprint density at radius 3 is 2.88 bits per heavy atom. The maximum Gasteiger partial charge on any atom is 0.0795 e. The van der Waals surface area contributed by atoms with Crippen LogP contribution in [0.1, 0.15) is 39.3 Å². The number of nitrogens with zero attached hydrogens (tertiary/aromatic N) is 1. The van der Waals surface area contributed by atoms with Gasteiger partial charge in [-0.05, 0) is 25.7 Å². The Labute approximate surface area is 102 Å². The maximum atomic E-state index is 10.1. The third-order valence-corrected chi connectivity index (χ3v) is 3.19. The van der Waals surface area contributed by atoms with Crippen LogP contribution in [0.25, 0.3) is 0 Å². The molecule has 3 nitrogen and oxygen atoms in total. The normalized spacial score (nSPS) is 15.3. The Balaban J connectivity index is 2.20. The van der Waals surface area contributed by atoms with Gasteiger partial charge in [-0.3, -0.25) is 0 Å². The minimum Gasteiger partial charge on any atom is -0.389 e. The molecule has 0 aliphatic heterocycles. The summed E-state index contributed by atoms with van der Waals surface area (Å²) in [6, 6.07) is 0. The number of aromatic nitrogens is 1. The van der Waals surface area contributed by atoms with E-state index in [1.54, 1.807) is 11.3 Å². The molecule has 1 atom stereocenters. The van der Waals surface area contributed by atoms with Gasteiger partial charge in [0.05, 0.1) is 16.8 Å². The number of hydrogen-bond acceptors (Lipinski definition) is 4. The van der Waals surface area contributed by atoms with Crippen molar-refractivity contribution in [1.82, 2.24) is 10.3 Å². The molecular formula is C12H22N2OS. The van der Waals surface area contributed by atoms with E-state index in [0.717, 1.165) is 25.1 Å². The van der Waals surface area contributed by atoms with Crippen molar-refractivity contribution < 1.29 is 5.11 Å². The quantitative estimate of drug-likeness (QED) is 0.772. The first kappa shape index (κ1) is 13.6. The summed E-state index contributed by atoms with van der Waals surface area (Å²) in [6.45, 7) is 7.61. The maximum absolute atomic E-state index is 10.1. The molecule has 1 aromatic heterocycles. The Morgan fingerprint density at radius 2 is 2.31 bits per heavy atom. The zero-order valence-corrected chi connectivity index (χ0v) is 11.2. The first-order chi connectivity index (χ1) is 7.49. The zero-order valence-electron chi connectivity index (χ0n) is 10.4. The third-order valence-electron chi connectivity index (χ3n) is 2.56. The molecule has 0 spiro atoms. The summed E-state index contributed by atoms with van der Waals surface area (Å²) >= 11 is 1.60. The molecule has 1 aromatic rings. The van der Waals surface area contributed by atoms with Gasteiger partial charge in [-0.25, -0.2) is 4.98 Å². The van der Waals surface area contributed by atoms with Crippen LogP contribution in [-0.2, 0) is 6.54 Å². The van der Waals surface area contributed by atoms with Crippen molar-refractivity contribution in [2.45, 2.75) is 45.8 Å². The number of thiazole rings is 1. The van der Waals surface area contributed by atoms with Gasteiger partial charge in [0.15, 0.2) is 0 Å². The topological polar surface area (TPSA) is 45.1 Å². The molecule has 0 bridgehead atoms. The lowest BCUT2D eigenvalue weighted by Gasteiger charge is -2.24. The van der Waals surface area contributed by atoms with Crippen molar-refractivity contribution in [3.63, 3.8) is 0 Å². The van der Waals surface area contributed by atoms with Gasteiger partial charge >= 0.3 is 0 Å². The van der Waals surface area contributed by atoms with E-state index in [2.05, 4.69) is 24.1 Å². The molecule has 1 heterocycles. The van der Waals surface area contributed by atoms with Crippen LogP contribution >= 0.6 is 11.3 Å². The molecule has 0 aliphatic rings. The minimum atomic E-state index is -0.611. The van der Waals surface area contributed by atoms with Crippen LogP contribution in [-0.4, -0.2) is 22.2 Å². The van der Waals surface area contributed by atoms with Gasteiger partial charge in [0.1, 0.15) is 0 Å². The van der Waals surface area contributed by atoms with Crippen molar-refractivity contribution in [3.8, 4) is 0 Å². The Hall–Kier alpha value is -0.450. The van der Waals surface area contributed by atoms with Crippen LogP contribution in [0.15, 0.2) is 10.9 Å². The largest absolute Gasteiger partial charge is 0.389 e. The Morgan fingerprint density at radius 1 is 1.56 bits per heavy atom. The van der Waals surface area contributed by atoms with Crippen LogP contribution in [0, 0.1) is 5.92 Å². The van der Waals surface area contributed by atoms with Crippen molar-refractivity contribution in [2.75, 3.05) is 6.54 Å². The number of hydrogen-bond donors (Lipinski definition) is 2. The van der Waals surface area contributed by atoms with E-state index >= 15 is 0 Å². The zero-order chi connectivity index (χ0) is 12.0. The molecule has 0 radical (unpaired) electrons.